The topological polar surface area (TPSA) is 102 Å². The third kappa shape index (κ3) is 3.19. The summed E-state index contributed by atoms with van der Waals surface area (Å²) in [4.78, 5) is 4.09. The lowest BCUT2D eigenvalue weighted by Crippen LogP contribution is -2.14. The minimum atomic E-state index is -3.34. The smallest absolute Gasteiger partial charge is 0.180 e. The molecule has 0 fully saturated rings. The molecule has 1 heterocycles. The van der Waals surface area contributed by atoms with Gasteiger partial charge in [-0.2, -0.15) is 0 Å². The number of nitrogens with two attached hydrogens (primary N) is 1. The summed E-state index contributed by atoms with van der Waals surface area (Å²) in [5.41, 5.74) is 5.83. The van der Waals surface area contributed by atoms with Crippen LogP contribution in [0.5, 0.6) is 0 Å². The number of amidine groups is 1. The average Bonchev–Trinajstić information content (AvgIpc) is 2.90. The summed E-state index contributed by atoms with van der Waals surface area (Å²) in [5.74, 6) is -0.0784. The fraction of sp³-hybridized carbons (Fsp3) is 0.167. The zero-order chi connectivity index (χ0) is 13.9. The summed E-state index contributed by atoms with van der Waals surface area (Å²) in [5, 5.41) is 7.26. The second kappa shape index (κ2) is 5.23. The molecule has 0 aliphatic rings. The Balaban J connectivity index is 2.13. The van der Waals surface area contributed by atoms with Crippen LogP contribution < -0.4 is 5.73 Å². The van der Waals surface area contributed by atoms with Crippen molar-refractivity contribution in [3.05, 3.63) is 48.5 Å². The summed E-state index contributed by atoms with van der Waals surface area (Å²) in [7, 11) is -3.34. The summed E-state index contributed by atoms with van der Waals surface area (Å²) in [6, 6.07) is 6.01. The molecule has 0 saturated carbocycles. The second-order valence-corrected chi connectivity index (χ2v) is 6.17. The second-order valence-electron chi connectivity index (χ2n) is 4.06. The Morgan fingerprint density at radius 1 is 1.32 bits per heavy atom. The van der Waals surface area contributed by atoms with E-state index in [0.29, 0.717) is 12.1 Å². The van der Waals surface area contributed by atoms with Gasteiger partial charge in [0.2, 0.25) is 0 Å². The molecule has 1 aromatic carbocycles. The van der Waals surface area contributed by atoms with Crippen LogP contribution in [-0.2, 0) is 16.4 Å². The molecule has 19 heavy (non-hydrogen) atoms. The van der Waals surface area contributed by atoms with E-state index in [1.165, 1.54) is 24.3 Å². The van der Waals surface area contributed by atoms with Gasteiger partial charge in [0.1, 0.15) is 5.84 Å². The van der Waals surface area contributed by atoms with Crippen molar-refractivity contribution in [3.8, 4) is 0 Å². The van der Waals surface area contributed by atoms with Gasteiger partial charge in [-0.3, -0.25) is 5.41 Å². The Morgan fingerprint density at radius 2 is 2.00 bits per heavy atom. The highest BCUT2D eigenvalue weighted by molar-refractivity contribution is 7.91. The molecule has 0 radical (unpaired) electrons. The normalized spacial score (nSPS) is 11.4. The summed E-state index contributed by atoms with van der Waals surface area (Å²) < 4.78 is 25.9. The molecule has 3 N–H and O–H groups in total. The number of rotatable bonds is 5. The van der Waals surface area contributed by atoms with Crippen molar-refractivity contribution >= 4 is 15.7 Å². The van der Waals surface area contributed by atoms with Gasteiger partial charge < -0.3 is 10.3 Å². The molecule has 0 amide bonds. The van der Waals surface area contributed by atoms with Gasteiger partial charge in [-0.05, 0) is 12.1 Å². The Labute approximate surface area is 111 Å². The van der Waals surface area contributed by atoms with Gasteiger partial charge in [-0.1, -0.05) is 12.1 Å². The molecule has 0 aliphatic heterocycles. The third-order valence-electron chi connectivity index (χ3n) is 2.70. The molecule has 100 valence electrons. The van der Waals surface area contributed by atoms with Crippen LogP contribution in [0.15, 0.2) is 47.9 Å². The monoisotopic (exact) mass is 278 g/mol. The molecule has 1 aromatic heterocycles. The third-order valence-corrected chi connectivity index (χ3v) is 4.41. The van der Waals surface area contributed by atoms with E-state index >= 15 is 0 Å². The molecule has 0 saturated heterocycles. The Kier molecular flexibility index (Phi) is 3.66. The van der Waals surface area contributed by atoms with Gasteiger partial charge in [0.05, 0.1) is 17.0 Å². The zero-order valence-corrected chi connectivity index (χ0v) is 11.0. The molecule has 6 nitrogen and oxygen atoms in total. The maximum Gasteiger partial charge on any atom is 0.180 e. The van der Waals surface area contributed by atoms with Gasteiger partial charge in [-0.15, -0.1) is 0 Å². The largest absolute Gasteiger partial charge is 0.384 e. The average molecular weight is 278 g/mol. The van der Waals surface area contributed by atoms with Crippen molar-refractivity contribution in [1.29, 1.82) is 5.41 Å². The lowest BCUT2D eigenvalue weighted by atomic mass is 10.2. The lowest BCUT2D eigenvalue weighted by Gasteiger charge is -2.06. The first-order chi connectivity index (χ1) is 8.99. The predicted octanol–water partition coefficient (Wildman–Crippen LogP) is 0.641. The Hall–Kier alpha value is -2.15. The van der Waals surface area contributed by atoms with Crippen molar-refractivity contribution in [2.75, 3.05) is 5.75 Å². The van der Waals surface area contributed by atoms with E-state index in [9.17, 15) is 8.42 Å². The van der Waals surface area contributed by atoms with E-state index in [-0.39, 0.29) is 16.5 Å². The van der Waals surface area contributed by atoms with Crippen LogP contribution in [0.2, 0.25) is 0 Å². The van der Waals surface area contributed by atoms with Crippen LogP contribution in [0, 0.1) is 5.41 Å². The molecule has 0 bridgehead atoms. The minimum Gasteiger partial charge on any atom is -0.384 e. The molecule has 0 atom stereocenters. The van der Waals surface area contributed by atoms with Crippen molar-refractivity contribution in [1.82, 2.24) is 9.55 Å². The molecule has 0 unspecified atom stereocenters. The molecule has 7 heteroatoms. The number of nitrogens with zero attached hydrogens (tertiary/aromatic N) is 2. The fourth-order valence-corrected chi connectivity index (χ4v) is 2.84. The number of nitrogen functional groups attached to an aromatic ring is 1. The van der Waals surface area contributed by atoms with E-state index in [0.717, 1.165) is 0 Å². The summed E-state index contributed by atoms with van der Waals surface area (Å²) in [6.07, 6.45) is 4.90. The molecular formula is C12H14N4O2S. The quantitative estimate of drug-likeness (QED) is 0.619. The highest BCUT2D eigenvalue weighted by Crippen LogP contribution is 2.12. The predicted molar refractivity (Wildman–Crippen MR) is 71.7 cm³/mol. The van der Waals surface area contributed by atoms with Gasteiger partial charge in [-0.25, -0.2) is 13.4 Å². The van der Waals surface area contributed by atoms with Gasteiger partial charge in [0, 0.05) is 24.5 Å². The van der Waals surface area contributed by atoms with Crippen LogP contribution in [0.1, 0.15) is 5.56 Å². The minimum absolute atomic E-state index is 0.00276. The van der Waals surface area contributed by atoms with Crippen molar-refractivity contribution in [3.63, 3.8) is 0 Å². The van der Waals surface area contributed by atoms with E-state index in [4.69, 9.17) is 11.1 Å². The lowest BCUT2D eigenvalue weighted by molar-refractivity contribution is 0.589. The number of hydrogen-bond acceptors (Lipinski definition) is 4. The van der Waals surface area contributed by atoms with Crippen LogP contribution >= 0.6 is 0 Å². The summed E-state index contributed by atoms with van der Waals surface area (Å²) in [6.45, 7) is 0.358. The highest BCUT2D eigenvalue weighted by Gasteiger charge is 2.14. The molecule has 0 aliphatic carbocycles. The number of hydrogen-bond donors (Lipinski definition) is 2. The van der Waals surface area contributed by atoms with E-state index in [1.54, 1.807) is 23.3 Å². The van der Waals surface area contributed by atoms with Crippen molar-refractivity contribution < 1.29 is 8.42 Å². The number of aryl methyl sites for hydroxylation is 1. The number of aromatic nitrogens is 2. The van der Waals surface area contributed by atoms with E-state index in [1.807, 2.05) is 0 Å². The van der Waals surface area contributed by atoms with Crippen LogP contribution in [0.4, 0.5) is 0 Å². The van der Waals surface area contributed by atoms with Crippen LogP contribution in [-0.4, -0.2) is 29.6 Å². The number of benzene rings is 1. The first-order valence-corrected chi connectivity index (χ1v) is 7.27. The van der Waals surface area contributed by atoms with Gasteiger partial charge in [0.15, 0.2) is 9.84 Å². The SMILES string of the molecule is N=C(N)c1ccc(S(=O)(=O)CCn2ccnc2)cc1. The zero-order valence-electron chi connectivity index (χ0n) is 10.2. The van der Waals surface area contributed by atoms with Crippen LogP contribution in [0.25, 0.3) is 0 Å². The summed E-state index contributed by atoms with van der Waals surface area (Å²) >= 11 is 0. The standard InChI is InChI=1S/C12H14N4O2S/c13-12(14)10-1-3-11(4-2-10)19(17,18)8-7-16-6-5-15-9-16/h1-6,9H,7-8H2,(H3,13,14). The fourth-order valence-electron chi connectivity index (χ4n) is 1.60. The number of imidazole rings is 1. The number of nitrogens with one attached hydrogen (secondary N) is 1. The van der Waals surface area contributed by atoms with Crippen molar-refractivity contribution in [2.45, 2.75) is 11.4 Å². The maximum absolute atomic E-state index is 12.1. The van der Waals surface area contributed by atoms with E-state index in [2.05, 4.69) is 4.98 Å². The van der Waals surface area contributed by atoms with E-state index < -0.39 is 9.84 Å². The maximum atomic E-state index is 12.1. The van der Waals surface area contributed by atoms with Gasteiger partial charge in [0.25, 0.3) is 0 Å². The van der Waals surface area contributed by atoms with Crippen molar-refractivity contribution in [2.24, 2.45) is 5.73 Å². The Bertz CT molecular complexity index is 660. The highest BCUT2D eigenvalue weighted by atomic mass is 32.2. The number of sulfone groups is 1. The molecule has 0 spiro atoms. The molecule has 2 rings (SSSR count). The van der Waals surface area contributed by atoms with Crippen LogP contribution in [0.3, 0.4) is 0 Å². The first kappa shape index (κ1) is 13.3. The first-order valence-electron chi connectivity index (χ1n) is 5.62. The van der Waals surface area contributed by atoms with Gasteiger partial charge >= 0.3 is 0 Å². The molecule has 2 aromatic rings. The Morgan fingerprint density at radius 3 is 2.53 bits per heavy atom. The molecular weight excluding hydrogens is 264 g/mol.